The molecule has 9 heavy (non-hydrogen) atoms. The third-order valence-electron chi connectivity index (χ3n) is 0.557. The van der Waals surface area contributed by atoms with Gasteiger partial charge in [-0.1, -0.05) is 6.92 Å². The van der Waals surface area contributed by atoms with Gasteiger partial charge in [0, 0.05) is 12.9 Å². The first-order valence-electron chi connectivity index (χ1n) is 2.59. The van der Waals surface area contributed by atoms with Gasteiger partial charge in [-0.3, -0.25) is 0 Å². The lowest BCUT2D eigenvalue weighted by Crippen LogP contribution is -2.00. The van der Waals surface area contributed by atoms with E-state index >= 15 is 0 Å². The maximum Gasteiger partial charge on any atom is 0.369 e. The minimum Gasteiger partial charge on any atom is -0.430 e. The molecule has 54 valence electrons. The van der Waals surface area contributed by atoms with Crippen molar-refractivity contribution in [1.29, 1.82) is 0 Å². The predicted molar refractivity (Wildman–Crippen MR) is 36.5 cm³/mol. The second-order valence-corrected chi connectivity index (χ2v) is 2.43. The van der Waals surface area contributed by atoms with E-state index in [9.17, 15) is 4.79 Å². The third kappa shape index (κ3) is 5.65. The van der Waals surface area contributed by atoms with Gasteiger partial charge < -0.3 is 9.47 Å². The Bertz CT molecular complexity index is 84.3. The number of thioether (sulfide) groups is 1. The summed E-state index contributed by atoms with van der Waals surface area (Å²) in [6.07, 6.45) is 0. The molecule has 0 heterocycles. The summed E-state index contributed by atoms with van der Waals surface area (Å²) in [5.41, 5.74) is 0. The lowest BCUT2D eigenvalue weighted by atomic mass is 11.0. The molecule has 0 fully saturated rings. The van der Waals surface area contributed by atoms with Gasteiger partial charge in [-0.25, -0.2) is 4.79 Å². The van der Waals surface area contributed by atoms with Crippen LogP contribution in [-0.4, -0.2) is 25.0 Å². The van der Waals surface area contributed by atoms with Gasteiger partial charge in [0.05, 0.1) is 0 Å². The van der Waals surface area contributed by atoms with E-state index in [0.717, 1.165) is 17.5 Å². The molecular weight excluding hydrogens is 140 g/mol. The standard InChI is InChI=1S/C5H10O3S/c1-3-9-5(6)8-4-7-2/h3-4H2,1-2H3. The number of carbonyl (C=O) groups is 1. The highest BCUT2D eigenvalue weighted by Crippen LogP contribution is 2.02. The Morgan fingerprint density at radius 2 is 2.33 bits per heavy atom. The normalized spacial score (nSPS) is 9.11. The molecule has 0 aromatic carbocycles. The Labute approximate surface area is 58.7 Å². The van der Waals surface area contributed by atoms with Crippen molar-refractivity contribution in [2.45, 2.75) is 6.92 Å². The highest BCUT2D eigenvalue weighted by atomic mass is 32.2. The summed E-state index contributed by atoms with van der Waals surface area (Å²) in [5.74, 6) is 0.739. The molecular formula is C5H10O3S. The van der Waals surface area contributed by atoms with Crippen molar-refractivity contribution in [3.8, 4) is 0 Å². The van der Waals surface area contributed by atoms with Crippen LogP contribution in [0.25, 0.3) is 0 Å². The van der Waals surface area contributed by atoms with Crippen LogP contribution < -0.4 is 0 Å². The molecule has 0 aromatic rings. The van der Waals surface area contributed by atoms with E-state index in [0.29, 0.717) is 0 Å². The fraction of sp³-hybridized carbons (Fsp3) is 0.800. The largest absolute Gasteiger partial charge is 0.430 e. The molecule has 0 N–H and O–H groups in total. The van der Waals surface area contributed by atoms with E-state index in [-0.39, 0.29) is 12.1 Å². The molecule has 0 radical (unpaired) electrons. The summed E-state index contributed by atoms with van der Waals surface area (Å²) in [6, 6.07) is 0. The first-order chi connectivity index (χ1) is 4.31. The Hall–Kier alpha value is -0.220. The van der Waals surface area contributed by atoms with E-state index in [2.05, 4.69) is 9.47 Å². The van der Waals surface area contributed by atoms with Crippen molar-refractivity contribution in [1.82, 2.24) is 0 Å². The van der Waals surface area contributed by atoms with Crippen molar-refractivity contribution in [3.63, 3.8) is 0 Å². The van der Waals surface area contributed by atoms with Crippen LogP contribution in [0.5, 0.6) is 0 Å². The third-order valence-corrected chi connectivity index (χ3v) is 1.20. The molecule has 0 aliphatic rings. The van der Waals surface area contributed by atoms with Gasteiger partial charge in [0.1, 0.15) is 0 Å². The first kappa shape index (κ1) is 8.78. The molecule has 0 rings (SSSR count). The molecule has 0 aliphatic heterocycles. The minimum absolute atomic E-state index is 0.0475. The highest BCUT2D eigenvalue weighted by molar-refractivity contribution is 8.13. The van der Waals surface area contributed by atoms with Gasteiger partial charge in [0.25, 0.3) is 0 Å². The van der Waals surface area contributed by atoms with Gasteiger partial charge in [0.15, 0.2) is 6.79 Å². The zero-order valence-electron chi connectivity index (χ0n) is 5.55. The van der Waals surface area contributed by atoms with Crippen molar-refractivity contribution in [2.75, 3.05) is 19.7 Å². The lowest BCUT2D eigenvalue weighted by molar-refractivity contribution is 0.0242. The Kier molecular flexibility index (Phi) is 5.76. The molecule has 0 aliphatic carbocycles. The number of ether oxygens (including phenoxy) is 2. The molecule has 0 amide bonds. The smallest absolute Gasteiger partial charge is 0.369 e. The van der Waals surface area contributed by atoms with E-state index in [4.69, 9.17) is 0 Å². The monoisotopic (exact) mass is 150 g/mol. The predicted octanol–water partition coefficient (Wildman–Crippen LogP) is 1.48. The average Bonchev–Trinajstić information content (AvgIpc) is 1.85. The van der Waals surface area contributed by atoms with E-state index < -0.39 is 0 Å². The van der Waals surface area contributed by atoms with Crippen LogP contribution in [0.1, 0.15) is 6.92 Å². The number of carbonyl (C=O) groups excluding carboxylic acids is 1. The molecule has 4 heteroatoms. The van der Waals surface area contributed by atoms with Crippen molar-refractivity contribution in [2.24, 2.45) is 0 Å². The van der Waals surface area contributed by atoms with Crippen LogP contribution in [0.4, 0.5) is 4.79 Å². The lowest BCUT2D eigenvalue weighted by Gasteiger charge is -1.98. The fourth-order valence-electron chi connectivity index (χ4n) is 0.267. The van der Waals surface area contributed by atoms with Gasteiger partial charge in [0.2, 0.25) is 0 Å². The maximum absolute atomic E-state index is 10.5. The summed E-state index contributed by atoms with van der Waals surface area (Å²) in [6.45, 7) is 1.94. The second-order valence-electron chi connectivity index (χ2n) is 1.23. The van der Waals surface area contributed by atoms with Crippen LogP contribution in [0.15, 0.2) is 0 Å². The van der Waals surface area contributed by atoms with Gasteiger partial charge in [-0.15, -0.1) is 0 Å². The Morgan fingerprint density at radius 3 is 2.78 bits per heavy atom. The molecule has 0 saturated carbocycles. The summed E-state index contributed by atoms with van der Waals surface area (Å²) >= 11 is 1.13. The second kappa shape index (κ2) is 5.91. The van der Waals surface area contributed by atoms with Gasteiger partial charge in [-0.2, -0.15) is 0 Å². The van der Waals surface area contributed by atoms with Gasteiger partial charge >= 0.3 is 5.30 Å². The Balaban J connectivity index is 3.06. The molecule has 0 saturated heterocycles. The van der Waals surface area contributed by atoms with Crippen LogP contribution in [0, 0.1) is 0 Å². The number of methoxy groups -OCH3 is 1. The molecule has 0 bridgehead atoms. The summed E-state index contributed by atoms with van der Waals surface area (Å²) < 4.78 is 9.04. The summed E-state index contributed by atoms with van der Waals surface area (Å²) in [7, 11) is 1.48. The first-order valence-corrected chi connectivity index (χ1v) is 3.58. The number of rotatable bonds is 3. The maximum atomic E-state index is 10.5. The minimum atomic E-state index is -0.278. The fourth-order valence-corrected chi connectivity index (χ4v) is 0.634. The van der Waals surface area contributed by atoms with Crippen LogP contribution in [-0.2, 0) is 9.47 Å². The topological polar surface area (TPSA) is 35.5 Å². The number of hydrogen-bond acceptors (Lipinski definition) is 4. The Morgan fingerprint density at radius 1 is 1.67 bits per heavy atom. The van der Waals surface area contributed by atoms with Crippen molar-refractivity contribution in [3.05, 3.63) is 0 Å². The molecule has 3 nitrogen and oxygen atoms in total. The molecule has 0 spiro atoms. The van der Waals surface area contributed by atoms with Gasteiger partial charge in [-0.05, 0) is 11.8 Å². The molecule has 0 aromatic heterocycles. The highest BCUT2D eigenvalue weighted by Gasteiger charge is 1.98. The zero-order valence-corrected chi connectivity index (χ0v) is 6.36. The quantitative estimate of drug-likeness (QED) is 0.451. The van der Waals surface area contributed by atoms with Crippen molar-refractivity contribution < 1.29 is 14.3 Å². The SMILES string of the molecule is CCSC(=O)OCOC. The molecule has 0 atom stereocenters. The van der Waals surface area contributed by atoms with Crippen LogP contribution >= 0.6 is 11.8 Å². The summed E-state index contributed by atoms with van der Waals surface area (Å²) in [4.78, 5) is 10.5. The van der Waals surface area contributed by atoms with Crippen molar-refractivity contribution >= 4 is 17.1 Å². The number of hydrogen-bond donors (Lipinski definition) is 0. The zero-order chi connectivity index (χ0) is 7.11. The van der Waals surface area contributed by atoms with Crippen LogP contribution in [0.3, 0.4) is 0 Å². The summed E-state index contributed by atoms with van der Waals surface area (Å²) in [5, 5.41) is -0.278. The average molecular weight is 150 g/mol. The molecule has 0 unspecified atom stereocenters. The van der Waals surface area contributed by atoms with E-state index in [1.165, 1.54) is 7.11 Å². The van der Waals surface area contributed by atoms with Crippen LogP contribution in [0.2, 0.25) is 0 Å². The van der Waals surface area contributed by atoms with E-state index in [1.807, 2.05) is 6.92 Å². The van der Waals surface area contributed by atoms with E-state index in [1.54, 1.807) is 0 Å².